The number of cyclic esters (lactones) is 1. The van der Waals surface area contributed by atoms with Gasteiger partial charge < -0.3 is 14.2 Å². The van der Waals surface area contributed by atoms with Gasteiger partial charge in [-0.15, -0.1) is 0 Å². The number of amides is 2. The molecule has 0 N–H and O–H groups in total. The Morgan fingerprint density at radius 3 is 2.50 bits per heavy atom. The molecule has 1 saturated heterocycles. The number of ether oxygens (including phenoxy) is 3. The fourth-order valence-corrected chi connectivity index (χ4v) is 3.60. The number of carbonyl (C=O) groups is 3. The Bertz CT molecular complexity index is 714. The van der Waals surface area contributed by atoms with E-state index in [1.54, 1.807) is 34.6 Å². The third-order valence-electron chi connectivity index (χ3n) is 5.05. The van der Waals surface area contributed by atoms with Crippen molar-refractivity contribution in [2.24, 2.45) is 5.92 Å². The Hall–Kier alpha value is -2.31. The van der Waals surface area contributed by atoms with Crippen LogP contribution in [0.25, 0.3) is 0 Å². The van der Waals surface area contributed by atoms with Gasteiger partial charge in [0.1, 0.15) is 5.60 Å². The summed E-state index contributed by atoms with van der Waals surface area (Å²) in [5.41, 5.74) is 0.961. The SMILES string of the molecule is CC1=C(C)C(O/C=C2/C(=O)N(C(=O)OC(C)(C)C)C3CCCC23)OC1=O. The number of esters is 1. The second kappa shape index (κ2) is 6.45. The van der Waals surface area contributed by atoms with Crippen LogP contribution in [0.15, 0.2) is 23.0 Å². The Kier molecular flexibility index (Phi) is 4.58. The lowest BCUT2D eigenvalue weighted by Crippen LogP contribution is -2.42. The summed E-state index contributed by atoms with van der Waals surface area (Å²) < 4.78 is 16.1. The van der Waals surface area contributed by atoms with Gasteiger partial charge in [-0.3, -0.25) is 4.79 Å². The van der Waals surface area contributed by atoms with Crippen LogP contribution in [0.2, 0.25) is 0 Å². The summed E-state index contributed by atoms with van der Waals surface area (Å²) in [5, 5.41) is 0. The highest BCUT2D eigenvalue weighted by Gasteiger charge is 2.51. The molecule has 0 spiro atoms. The van der Waals surface area contributed by atoms with E-state index in [2.05, 4.69) is 0 Å². The van der Waals surface area contributed by atoms with Crippen molar-refractivity contribution in [2.45, 2.75) is 71.8 Å². The zero-order valence-electron chi connectivity index (χ0n) is 15.8. The molecule has 0 bridgehead atoms. The minimum absolute atomic E-state index is 0.0718. The van der Waals surface area contributed by atoms with Gasteiger partial charge in [-0.1, -0.05) is 6.42 Å². The molecule has 1 saturated carbocycles. The average molecular weight is 363 g/mol. The minimum atomic E-state index is -0.821. The van der Waals surface area contributed by atoms with E-state index < -0.39 is 29.9 Å². The van der Waals surface area contributed by atoms with Crippen molar-refractivity contribution in [1.29, 1.82) is 0 Å². The van der Waals surface area contributed by atoms with Gasteiger partial charge in [0.25, 0.3) is 12.2 Å². The van der Waals surface area contributed by atoms with Crippen LogP contribution in [0, 0.1) is 5.92 Å². The maximum absolute atomic E-state index is 12.8. The first-order valence-corrected chi connectivity index (χ1v) is 8.90. The minimum Gasteiger partial charge on any atom is -0.458 e. The maximum Gasteiger partial charge on any atom is 0.417 e. The van der Waals surface area contributed by atoms with Crippen LogP contribution in [-0.2, 0) is 23.8 Å². The Balaban J connectivity index is 1.79. The molecule has 3 unspecified atom stereocenters. The zero-order chi connectivity index (χ0) is 19.2. The first kappa shape index (κ1) is 18.5. The molecule has 2 aliphatic heterocycles. The molecule has 3 atom stereocenters. The fraction of sp³-hybridized carbons (Fsp3) is 0.632. The van der Waals surface area contributed by atoms with Crippen molar-refractivity contribution in [3.63, 3.8) is 0 Å². The molecule has 2 amide bonds. The predicted octanol–water partition coefficient (Wildman–Crippen LogP) is 3.05. The van der Waals surface area contributed by atoms with E-state index in [0.717, 1.165) is 19.3 Å². The lowest BCUT2D eigenvalue weighted by Gasteiger charge is -2.26. The summed E-state index contributed by atoms with van der Waals surface area (Å²) in [6, 6.07) is -0.197. The van der Waals surface area contributed by atoms with Gasteiger partial charge in [0, 0.05) is 17.1 Å². The summed E-state index contributed by atoms with van der Waals surface area (Å²) in [4.78, 5) is 38.1. The first-order valence-electron chi connectivity index (χ1n) is 8.90. The number of rotatable bonds is 2. The highest BCUT2D eigenvalue weighted by atomic mass is 16.7. The highest BCUT2D eigenvalue weighted by Crippen LogP contribution is 2.43. The molecule has 0 radical (unpaired) electrons. The molecule has 1 aliphatic carbocycles. The Morgan fingerprint density at radius 2 is 1.92 bits per heavy atom. The number of carbonyl (C=O) groups excluding carboxylic acids is 3. The smallest absolute Gasteiger partial charge is 0.417 e. The van der Waals surface area contributed by atoms with Crippen LogP contribution in [-0.4, -0.2) is 40.8 Å². The summed E-state index contributed by atoms with van der Waals surface area (Å²) in [6.07, 6.45) is 2.40. The lowest BCUT2D eigenvalue weighted by atomic mass is 9.99. The standard InChI is InChI=1S/C19H25NO6/c1-10-11(2)17(25-16(10)22)24-9-13-12-7-6-8-14(12)20(15(13)21)18(23)26-19(3,4)5/h9,12,14,17H,6-8H2,1-5H3/b13-9+. The molecule has 7 nitrogen and oxygen atoms in total. The van der Waals surface area contributed by atoms with E-state index in [4.69, 9.17) is 14.2 Å². The van der Waals surface area contributed by atoms with Crippen molar-refractivity contribution in [3.05, 3.63) is 23.0 Å². The number of nitrogens with zero attached hydrogens (tertiary/aromatic N) is 1. The van der Waals surface area contributed by atoms with Crippen LogP contribution in [0.5, 0.6) is 0 Å². The van der Waals surface area contributed by atoms with Gasteiger partial charge in [0.15, 0.2) is 0 Å². The Labute approximate surface area is 152 Å². The highest BCUT2D eigenvalue weighted by molar-refractivity contribution is 6.05. The molecule has 2 heterocycles. The zero-order valence-corrected chi connectivity index (χ0v) is 15.8. The van der Waals surface area contributed by atoms with Crippen LogP contribution in [0.1, 0.15) is 53.9 Å². The van der Waals surface area contributed by atoms with Crippen LogP contribution in [0.4, 0.5) is 4.79 Å². The molecule has 26 heavy (non-hydrogen) atoms. The summed E-state index contributed by atoms with van der Waals surface area (Å²) in [5.74, 6) is -0.882. The van der Waals surface area contributed by atoms with Gasteiger partial charge in [-0.2, -0.15) is 0 Å². The van der Waals surface area contributed by atoms with Crippen molar-refractivity contribution in [1.82, 2.24) is 4.90 Å². The Morgan fingerprint density at radius 1 is 1.23 bits per heavy atom. The van der Waals surface area contributed by atoms with Gasteiger partial charge in [-0.25, -0.2) is 14.5 Å². The second-order valence-electron chi connectivity index (χ2n) is 8.01. The molecule has 0 aromatic carbocycles. The third kappa shape index (κ3) is 3.22. The number of hydrogen-bond donors (Lipinski definition) is 0. The summed E-state index contributed by atoms with van der Waals surface area (Å²) in [7, 11) is 0. The van der Waals surface area contributed by atoms with Gasteiger partial charge in [-0.05, 0) is 47.5 Å². The molecular weight excluding hydrogens is 338 g/mol. The second-order valence-corrected chi connectivity index (χ2v) is 8.01. The number of hydrogen-bond acceptors (Lipinski definition) is 6. The average Bonchev–Trinajstić information content (AvgIpc) is 3.14. The first-order chi connectivity index (χ1) is 12.1. The van der Waals surface area contributed by atoms with E-state index >= 15 is 0 Å². The van der Waals surface area contributed by atoms with Crippen LogP contribution >= 0.6 is 0 Å². The van der Waals surface area contributed by atoms with Crippen LogP contribution in [0.3, 0.4) is 0 Å². The normalized spacial score (nSPS) is 30.1. The van der Waals surface area contributed by atoms with Crippen LogP contribution < -0.4 is 0 Å². The van der Waals surface area contributed by atoms with Crippen molar-refractivity contribution in [3.8, 4) is 0 Å². The third-order valence-corrected chi connectivity index (χ3v) is 5.05. The van der Waals surface area contributed by atoms with E-state index in [-0.39, 0.29) is 12.0 Å². The van der Waals surface area contributed by atoms with Gasteiger partial charge >= 0.3 is 12.1 Å². The summed E-state index contributed by atoms with van der Waals surface area (Å²) in [6.45, 7) is 8.73. The lowest BCUT2D eigenvalue weighted by molar-refractivity contribution is -0.153. The van der Waals surface area contributed by atoms with Crippen molar-refractivity contribution >= 4 is 18.0 Å². The molecule has 142 valence electrons. The molecule has 0 aromatic rings. The predicted molar refractivity (Wildman–Crippen MR) is 91.6 cm³/mol. The monoisotopic (exact) mass is 363 g/mol. The molecule has 2 fully saturated rings. The molecule has 3 rings (SSSR count). The number of fused-ring (bicyclic) bond motifs is 1. The van der Waals surface area contributed by atoms with E-state index in [1.807, 2.05) is 0 Å². The summed E-state index contributed by atoms with van der Waals surface area (Å²) >= 11 is 0. The largest absolute Gasteiger partial charge is 0.458 e. The van der Waals surface area contributed by atoms with Crippen molar-refractivity contribution < 1.29 is 28.6 Å². The number of likely N-dealkylation sites (tertiary alicyclic amines) is 1. The molecular formula is C19H25NO6. The molecule has 0 aromatic heterocycles. The topological polar surface area (TPSA) is 82.1 Å². The maximum atomic E-state index is 12.8. The quantitative estimate of drug-likeness (QED) is 0.426. The van der Waals surface area contributed by atoms with Crippen molar-refractivity contribution in [2.75, 3.05) is 0 Å². The van der Waals surface area contributed by atoms with E-state index in [9.17, 15) is 14.4 Å². The van der Waals surface area contributed by atoms with Gasteiger partial charge in [0.05, 0.1) is 17.9 Å². The number of imide groups is 1. The van der Waals surface area contributed by atoms with Gasteiger partial charge in [0.2, 0.25) is 0 Å². The molecule has 7 heteroatoms. The molecule has 3 aliphatic rings. The van der Waals surface area contributed by atoms with E-state index in [1.165, 1.54) is 11.2 Å². The fourth-order valence-electron chi connectivity index (χ4n) is 3.60. The van der Waals surface area contributed by atoms with E-state index in [0.29, 0.717) is 16.7 Å².